The fourth-order valence-corrected chi connectivity index (χ4v) is 4.00. The molecule has 0 radical (unpaired) electrons. The quantitative estimate of drug-likeness (QED) is 0.747. The summed E-state index contributed by atoms with van der Waals surface area (Å²) in [7, 11) is 0. The lowest BCUT2D eigenvalue weighted by Gasteiger charge is -2.16. The second kappa shape index (κ2) is 6.13. The molecule has 4 rings (SSSR count). The molecule has 1 aliphatic heterocycles. The molecule has 0 aliphatic carbocycles. The second-order valence-electron chi connectivity index (χ2n) is 5.86. The highest BCUT2D eigenvalue weighted by atomic mass is 32.1. The van der Waals surface area contributed by atoms with Gasteiger partial charge in [-0.3, -0.25) is 4.79 Å². The number of carbonyl (C=O) groups excluding carboxylic acids is 1. The molecule has 4 heteroatoms. The zero-order valence-corrected chi connectivity index (χ0v) is 14.1. The number of thiophene rings is 1. The lowest BCUT2D eigenvalue weighted by molar-refractivity contribution is 0.0944. The Kier molecular flexibility index (Phi) is 3.82. The Morgan fingerprint density at radius 1 is 1.12 bits per heavy atom. The van der Waals surface area contributed by atoms with Crippen LogP contribution in [-0.4, -0.2) is 5.91 Å². The van der Waals surface area contributed by atoms with E-state index >= 15 is 0 Å². The van der Waals surface area contributed by atoms with E-state index in [2.05, 4.69) is 5.32 Å². The van der Waals surface area contributed by atoms with E-state index in [0.29, 0.717) is 6.61 Å². The highest BCUT2D eigenvalue weighted by Gasteiger charge is 2.23. The van der Waals surface area contributed by atoms with Crippen molar-refractivity contribution in [2.75, 3.05) is 0 Å². The molecule has 3 nitrogen and oxygen atoms in total. The number of amides is 1. The first-order valence-corrected chi connectivity index (χ1v) is 8.75. The van der Waals surface area contributed by atoms with Crippen molar-refractivity contribution < 1.29 is 9.53 Å². The minimum Gasteiger partial charge on any atom is -0.488 e. The third kappa shape index (κ3) is 2.69. The van der Waals surface area contributed by atoms with Gasteiger partial charge >= 0.3 is 0 Å². The minimum absolute atomic E-state index is 0.0265. The number of benzene rings is 2. The Labute approximate surface area is 144 Å². The molecule has 1 atom stereocenters. The maximum atomic E-state index is 12.6. The first kappa shape index (κ1) is 15.0. The van der Waals surface area contributed by atoms with Crippen molar-refractivity contribution >= 4 is 17.2 Å². The lowest BCUT2D eigenvalue weighted by atomic mass is 10.1. The molecule has 0 unspecified atom stereocenters. The Bertz CT molecular complexity index is 886. The Morgan fingerprint density at radius 3 is 2.71 bits per heavy atom. The predicted molar refractivity (Wildman–Crippen MR) is 96.4 cm³/mol. The molecule has 24 heavy (non-hydrogen) atoms. The van der Waals surface area contributed by atoms with Gasteiger partial charge < -0.3 is 10.1 Å². The maximum Gasteiger partial charge on any atom is 0.261 e. The van der Waals surface area contributed by atoms with Crippen LogP contribution in [0.15, 0.2) is 60.7 Å². The normalized spacial score (nSPS) is 13.4. The van der Waals surface area contributed by atoms with Gasteiger partial charge in [0, 0.05) is 16.0 Å². The molecule has 1 aromatic heterocycles. The summed E-state index contributed by atoms with van der Waals surface area (Å²) in [5.41, 5.74) is 3.25. The number of ether oxygens (including phenoxy) is 1. The van der Waals surface area contributed by atoms with Crippen molar-refractivity contribution in [3.8, 4) is 16.2 Å². The molecule has 0 fully saturated rings. The molecule has 1 N–H and O–H groups in total. The van der Waals surface area contributed by atoms with Crippen LogP contribution >= 0.6 is 11.3 Å². The lowest BCUT2D eigenvalue weighted by Crippen LogP contribution is -2.25. The zero-order valence-electron chi connectivity index (χ0n) is 13.3. The summed E-state index contributed by atoms with van der Waals surface area (Å²) in [6.45, 7) is 2.52. The van der Waals surface area contributed by atoms with E-state index in [0.717, 1.165) is 32.2 Å². The summed E-state index contributed by atoms with van der Waals surface area (Å²) in [6.07, 6.45) is 0. The van der Waals surface area contributed by atoms with Crippen molar-refractivity contribution in [2.45, 2.75) is 19.6 Å². The molecule has 1 aliphatic rings. The maximum absolute atomic E-state index is 12.6. The fourth-order valence-electron chi connectivity index (χ4n) is 2.90. The third-order valence-electron chi connectivity index (χ3n) is 4.19. The number of hydrogen-bond acceptors (Lipinski definition) is 3. The van der Waals surface area contributed by atoms with Crippen molar-refractivity contribution in [2.24, 2.45) is 0 Å². The van der Waals surface area contributed by atoms with Crippen LogP contribution in [-0.2, 0) is 6.61 Å². The van der Waals surface area contributed by atoms with Gasteiger partial charge in [-0.1, -0.05) is 42.5 Å². The van der Waals surface area contributed by atoms with Gasteiger partial charge in [-0.05, 0) is 30.7 Å². The summed E-state index contributed by atoms with van der Waals surface area (Å²) in [5, 5.41) is 3.08. The minimum atomic E-state index is -0.0387. The number of fused-ring (bicyclic) bond motifs is 3. The molecule has 0 saturated heterocycles. The van der Waals surface area contributed by atoms with E-state index in [4.69, 9.17) is 4.74 Å². The van der Waals surface area contributed by atoms with Gasteiger partial charge in [0.25, 0.3) is 5.91 Å². The number of hydrogen-bond donors (Lipinski definition) is 1. The predicted octanol–water partition coefficient (Wildman–Crippen LogP) is 4.80. The Hall–Kier alpha value is -2.59. The number of para-hydroxylation sites is 1. The topological polar surface area (TPSA) is 38.3 Å². The van der Waals surface area contributed by atoms with E-state index in [1.165, 1.54) is 11.3 Å². The molecular formula is C20H17NO2S. The first-order chi connectivity index (χ1) is 11.7. The molecule has 0 spiro atoms. The van der Waals surface area contributed by atoms with E-state index < -0.39 is 0 Å². The van der Waals surface area contributed by atoms with E-state index in [1.807, 2.05) is 67.6 Å². The fraction of sp³-hybridized carbons (Fsp3) is 0.150. The number of nitrogens with one attached hydrogen (secondary N) is 1. The van der Waals surface area contributed by atoms with Crippen molar-refractivity contribution in [1.82, 2.24) is 5.32 Å². The SMILES string of the molecule is C[C@H](NC(=O)c1cc2c(s1)-c1ccccc1OC2)c1ccccc1. The van der Waals surface area contributed by atoms with Crippen LogP contribution in [0.1, 0.15) is 33.8 Å². The van der Waals surface area contributed by atoms with Crippen LogP contribution in [0.5, 0.6) is 5.75 Å². The van der Waals surface area contributed by atoms with Crippen LogP contribution in [0.4, 0.5) is 0 Å². The third-order valence-corrected chi connectivity index (χ3v) is 5.40. The second-order valence-corrected chi connectivity index (χ2v) is 6.91. The van der Waals surface area contributed by atoms with E-state index in [9.17, 15) is 4.79 Å². The smallest absolute Gasteiger partial charge is 0.261 e. The zero-order chi connectivity index (χ0) is 16.5. The first-order valence-electron chi connectivity index (χ1n) is 7.93. The van der Waals surface area contributed by atoms with Gasteiger partial charge in [-0.25, -0.2) is 0 Å². The van der Waals surface area contributed by atoms with Crippen LogP contribution < -0.4 is 10.1 Å². The largest absolute Gasteiger partial charge is 0.488 e. The monoisotopic (exact) mass is 335 g/mol. The average Bonchev–Trinajstić information content (AvgIpc) is 3.07. The Balaban J connectivity index is 1.58. The van der Waals surface area contributed by atoms with Gasteiger partial charge in [0.2, 0.25) is 0 Å². The molecule has 3 aromatic rings. The van der Waals surface area contributed by atoms with Gasteiger partial charge in [-0.2, -0.15) is 0 Å². The van der Waals surface area contributed by atoms with Gasteiger partial charge in [0.1, 0.15) is 12.4 Å². The average molecular weight is 335 g/mol. The molecule has 1 amide bonds. The standard InChI is InChI=1S/C20H17NO2S/c1-13(14-7-3-2-4-8-14)21-20(22)18-11-15-12-23-17-10-6-5-9-16(17)19(15)24-18/h2-11,13H,12H2,1H3,(H,21,22)/t13-/m0/s1. The van der Waals surface area contributed by atoms with Crippen LogP contribution in [0.25, 0.3) is 10.4 Å². The van der Waals surface area contributed by atoms with E-state index in [1.54, 1.807) is 0 Å². The van der Waals surface area contributed by atoms with Crippen molar-refractivity contribution in [1.29, 1.82) is 0 Å². The van der Waals surface area contributed by atoms with Crippen LogP contribution in [0.2, 0.25) is 0 Å². The Morgan fingerprint density at radius 2 is 1.88 bits per heavy atom. The summed E-state index contributed by atoms with van der Waals surface area (Å²) in [4.78, 5) is 14.5. The molecular weight excluding hydrogens is 318 g/mol. The molecule has 2 aromatic carbocycles. The van der Waals surface area contributed by atoms with Gasteiger partial charge in [0.05, 0.1) is 10.9 Å². The summed E-state index contributed by atoms with van der Waals surface area (Å²) < 4.78 is 5.77. The summed E-state index contributed by atoms with van der Waals surface area (Å²) in [5.74, 6) is 0.847. The molecule has 2 heterocycles. The van der Waals surface area contributed by atoms with Crippen molar-refractivity contribution in [3.63, 3.8) is 0 Å². The molecule has 120 valence electrons. The highest BCUT2D eigenvalue weighted by molar-refractivity contribution is 7.17. The summed E-state index contributed by atoms with van der Waals surface area (Å²) >= 11 is 1.53. The number of carbonyl (C=O) groups is 1. The van der Waals surface area contributed by atoms with Crippen LogP contribution in [0.3, 0.4) is 0 Å². The van der Waals surface area contributed by atoms with Gasteiger partial charge in [0.15, 0.2) is 0 Å². The molecule has 0 saturated carbocycles. The number of rotatable bonds is 3. The van der Waals surface area contributed by atoms with Crippen LogP contribution in [0, 0.1) is 0 Å². The van der Waals surface area contributed by atoms with Gasteiger partial charge in [-0.15, -0.1) is 11.3 Å². The molecule has 0 bridgehead atoms. The highest BCUT2D eigenvalue weighted by Crippen LogP contribution is 2.42. The van der Waals surface area contributed by atoms with Crippen molar-refractivity contribution in [3.05, 3.63) is 76.7 Å². The van der Waals surface area contributed by atoms with E-state index in [-0.39, 0.29) is 11.9 Å². The summed E-state index contributed by atoms with van der Waals surface area (Å²) in [6, 6.07) is 19.9.